The molecule has 0 spiro atoms. The van der Waals surface area contributed by atoms with Gasteiger partial charge < -0.3 is 33.3 Å². The molecule has 2 atom stereocenters. The Labute approximate surface area is 433 Å². The number of esters is 2. The summed E-state index contributed by atoms with van der Waals surface area (Å²) in [6.45, 7) is 4.79. The summed E-state index contributed by atoms with van der Waals surface area (Å²) < 4.78 is 22.7. The molecule has 0 N–H and O–H groups in total. The number of unbranched alkanes of at least 4 members (excludes halogenated alkanes) is 37. The highest BCUT2D eigenvalue weighted by Gasteiger charge is 2.22. The molecule has 0 amide bonds. The van der Waals surface area contributed by atoms with Crippen LogP contribution in [0.2, 0.25) is 0 Å². The highest BCUT2D eigenvalue weighted by atomic mass is 16.7. The van der Waals surface area contributed by atoms with E-state index >= 15 is 0 Å². The van der Waals surface area contributed by atoms with Crippen molar-refractivity contribution in [2.45, 2.75) is 302 Å². The van der Waals surface area contributed by atoms with E-state index < -0.39 is 24.3 Å². The quantitative estimate of drug-likeness (QED) is 0.0195. The molecular formula is C61H115NO8. The van der Waals surface area contributed by atoms with Crippen LogP contribution in [0.1, 0.15) is 290 Å². The SMILES string of the molecule is CCCCCCC/C=C\C/C=C\CCCCCCCCCCCCCCCCCCCC(=O)OC(COC(=O)CCCCCCCCCCCCCCCCCC)COC(OCC[N+](C)(C)C)C(=O)[O-]. The van der Waals surface area contributed by atoms with E-state index in [0.717, 1.165) is 44.9 Å². The summed E-state index contributed by atoms with van der Waals surface area (Å²) in [5.41, 5.74) is 0. The van der Waals surface area contributed by atoms with Crippen molar-refractivity contribution in [3.05, 3.63) is 24.3 Å². The highest BCUT2D eigenvalue weighted by molar-refractivity contribution is 5.70. The van der Waals surface area contributed by atoms with Crippen LogP contribution in [0.3, 0.4) is 0 Å². The number of carboxylic acids is 1. The molecule has 2 unspecified atom stereocenters. The fourth-order valence-corrected chi connectivity index (χ4v) is 8.80. The Morgan fingerprint density at radius 2 is 0.771 bits per heavy atom. The molecule has 0 aliphatic carbocycles. The number of carbonyl (C=O) groups is 3. The van der Waals surface area contributed by atoms with E-state index in [4.69, 9.17) is 18.9 Å². The topological polar surface area (TPSA) is 111 Å². The zero-order valence-electron chi connectivity index (χ0n) is 46.9. The number of carbonyl (C=O) groups excluding carboxylic acids is 3. The average Bonchev–Trinajstić information content (AvgIpc) is 3.33. The molecule has 0 aliphatic rings. The second-order valence-corrected chi connectivity index (χ2v) is 21.6. The molecule has 0 saturated carbocycles. The van der Waals surface area contributed by atoms with Gasteiger partial charge in [0.15, 0.2) is 12.4 Å². The third kappa shape index (κ3) is 53.6. The van der Waals surface area contributed by atoms with Crippen molar-refractivity contribution in [3.63, 3.8) is 0 Å². The van der Waals surface area contributed by atoms with E-state index in [9.17, 15) is 19.5 Å². The zero-order chi connectivity index (χ0) is 51.3. The van der Waals surface area contributed by atoms with Crippen molar-refractivity contribution in [1.82, 2.24) is 0 Å². The Kier molecular flexibility index (Phi) is 51.4. The summed E-state index contributed by atoms with van der Waals surface area (Å²) in [5.74, 6) is -2.26. The lowest BCUT2D eigenvalue weighted by Crippen LogP contribution is -2.44. The monoisotopic (exact) mass is 990 g/mol. The summed E-state index contributed by atoms with van der Waals surface area (Å²) in [4.78, 5) is 37.3. The number of rotatable bonds is 56. The van der Waals surface area contributed by atoms with Crippen LogP contribution < -0.4 is 5.11 Å². The first-order valence-corrected chi connectivity index (χ1v) is 30.0. The molecule has 0 aromatic carbocycles. The summed E-state index contributed by atoms with van der Waals surface area (Å²) in [6, 6.07) is 0. The van der Waals surface area contributed by atoms with E-state index in [2.05, 4.69) is 38.2 Å². The van der Waals surface area contributed by atoms with Gasteiger partial charge in [-0.2, -0.15) is 0 Å². The van der Waals surface area contributed by atoms with Crippen LogP contribution in [-0.4, -0.2) is 82.3 Å². The van der Waals surface area contributed by atoms with E-state index in [1.54, 1.807) is 0 Å². The highest BCUT2D eigenvalue weighted by Crippen LogP contribution is 2.17. The van der Waals surface area contributed by atoms with Crippen molar-refractivity contribution < 1.29 is 42.9 Å². The van der Waals surface area contributed by atoms with Gasteiger partial charge in [-0.1, -0.05) is 256 Å². The second kappa shape index (κ2) is 53.1. The standard InChI is InChI=1S/C61H115NO8/c1-6-8-10-12-14-16-18-20-22-24-25-26-27-28-29-30-31-32-33-34-35-36-38-40-42-44-46-48-50-52-59(64)70-57(56-69-61(60(65)66)67-54-53-62(3,4)5)55-68-58(63)51-49-47-45-43-41-39-37-23-21-19-17-15-13-11-9-7-2/h18,20,24-25,57,61H,6-17,19,21-23,26-56H2,1-5H3/b20-18-,25-24-. The number of hydrogen-bond donors (Lipinski definition) is 0. The van der Waals surface area contributed by atoms with Gasteiger partial charge in [-0.25, -0.2) is 0 Å². The van der Waals surface area contributed by atoms with Crippen molar-refractivity contribution >= 4 is 17.9 Å². The molecule has 0 radical (unpaired) electrons. The van der Waals surface area contributed by atoms with E-state index in [-0.39, 0.29) is 32.2 Å². The van der Waals surface area contributed by atoms with Gasteiger partial charge in [0.1, 0.15) is 13.2 Å². The van der Waals surface area contributed by atoms with Crippen LogP contribution >= 0.6 is 0 Å². The summed E-state index contributed by atoms with van der Waals surface area (Å²) >= 11 is 0. The molecule has 412 valence electrons. The van der Waals surface area contributed by atoms with E-state index in [0.29, 0.717) is 17.4 Å². The molecule has 0 rings (SSSR count). The molecule has 0 saturated heterocycles. The van der Waals surface area contributed by atoms with Crippen LogP contribution in [0.15, 0.2) is 24.3 Å². The fraction of sp³-hybridized carbons (Fsp3) is 0.885. The average molecular weight is 991 g/mol. The minimum Gasteiger partial charge on any atom is -0.545 e. The third-order valence-electron chi connectivity index (χ3n) is 13.5. The normalized spacial score (nSPS) is 12.9. The number of carboxylic acid groups (broad SMARTS) is 1. The molecule has 0 bridgehead atoms. The van der Waals surface area contributed by atoms with Gasteiger partial charge in [-0.3, -0.25) is 9.59 Å². The lowest BCUT2D eigenvalue weighted by molar-refractivity contribution is -0.870. The Hall–Kier alpha value is -2.23. The Bertz CT molecular complexity index is 1200. The first-order valence-electron chi connectivity index (χ1n) is 30.0. The van der Waals surface area contributed by atoms with Crippen molar-refractivity contribution in [3.8, 4) is 0 Å². The van der Waals surface area contributed by atoms with Gasteiger partial charge in [0, 0.05) is 12.8 Å². The maximum Gasteiger partial charge on any atom is 0.306 e. The lowest BCUT2D eigenvalue weighted by atomic mass is 10.0. The van der Waals surface area contributed by atoms with Crippen LogP contribution in [-0.2, 0) is 33.3 Å². The zero-order valence-corrected chi connectivity index (χ0v) is 46.9. The Morgan fingerprint density at radius 1 is 0.429 bits per heavy atom. The minimum atomic E-state index is -1.62. The van der Waals surface area contributed by atoms with Crippen molar-refractivity contribution in [2.75, 3.05) is 47.5 Å². The van der Waals surface area contributed by atoms with Crippen LogP contribution in [0, 0.1) is 0 Å². The molecular weight excluding hydrogens is 875 g/mol. The number of allylic oxidation sites excluding steroid dienone is 4. The number of ether oxygens (including phenoxy) is 4. The molecule has 0 heterocycles. The minimum absolute atomic E-state index is 0.151. The van der Waals surface area contributed by atoms with Gasteiger partial charge in [-0.15, -0.1) is 0 Å². The number of hydrogen-bond acceptors (Lipinski definition) is 8. The van der Waals surface area contributed by atoms with Gasteiger partial charge in [0.25, 0.3) is 0 Å². The fourth-order valence-electron chi connectivity index (χ4n) is 8.80. The van der Waals surface area contributed by atoms with Gasteiger partial charge in [-0.05, 0) is 44.9 Å². The molecule has 0 aromatic heterocycles. The number of quaternary nitrogens is 1. The first-order chi connectivity index (χ1) is 34.1. The summed E-state index contributed by atoms with van der Waals surface area (Å²) in [7, 11) is 5.93. The molecule has 9 heteroatoms. The van der Waals surface area contributed by atoms with E-state index in [1.807, 2.05) is 21.1 Å². The van der Waals surface area contributed by atoms with Gasteiger partial charge in [0.05, 0.1) is 40.3 Å². The first kappa shape index (κ1) is 67.8. The number of likely N-dealkylation sites (N-methyl/N-ethyl adjacent to an activating group) is 1. The predicted molar refractivity (Wildman–Crippen MR) is 293 cm³/mol. The summed E-state index contributed by atoms with van der Waals surface area (Å²) in [6.07, 6.45) is 59.4. The van der Waals surface area contributed by atoms with Crippen LogP contribution in [0.4, 0.5) is 0 Å². The number of nitrogens with zero attached hydrogens (tertiary/aromatic N) is 1. The van der Waals surface area contributed by atoms with Crippen LogP contribution in [0.25, 0.3) is 0 Å². The molecule has 0 aliphatic heterocycles. The lowest BCUT2D eigenvalue weighted by Gasteiger charge is -2.26. The smallest absolute Gasteiger partial charge is 0.306 e. The van der Waals surface area contributed by atoms with E-state index in [1.165, 1.54) is 218 Å². The van der Waals surface area contributed by atoms with Crippen LogP contribution in [0.5, 0.6) is 0 Å². The second-order valence-electron chi connectivity index (χ2n) is 21.6. The van der Waals surface area contributed by atoms with Gasteiger partial charge >= 0.3 is 11.9 Å². The number of aliphatic carboxylic acids is 1. The largest absolute Gasteiger partial charge is 0.545 e. The van der Waals surface area contributed by atoms with Gasteiger partial charge in [0.2, 0.25) is 0 Å². The van der Waals surface area contributed by atoms with Crippen molar-refractivity contribution in [2.24, 2.45) is 0 Å². The molecule has 0 fully saturated rings. The maximum absolute atomic E-state index is 12.9. The van der Waals surface area contributed by atoms with Crippen molar-refractivity contribution in [1.29, 1.82) is 0 Å². The Morgan fingerprint density at radius 3 is 1.13 bits per heavy atom. The third-order valence-corrected chi connectivity index (χ3v) is 13.5. The molecule has 70 heavy (non-hydrogen) atoms. The Balaban J connectivity index is 4.13. The predicted octanol–water partition coefficient (Wildman–Crippen LogP) is 16.2. The summed E-state index contributed by atoms with van der Waals surface area (Å²) in [5, 5.41) is 11.8. The maximum atomic E-state index is 12.9. The molecule has 0 aromatic rings. The molecule has 9 nitrogen and oxygen atoms in total.